The molecule has 0 spiro atoms. The summed E-state index contributed by atoms with van der Waals surface area (Å²) in [7, 11) is 0. The fraction of sp³-hybridized carbons (Fsp3) is 0.500. The molecule has 0 heterocycles. The zero-order valence-corrected chi connectivity index (χ0v) is 4.77. The van der Waals surface area contributed by atoms with E-state index in [2.05, 4.69) is 0 Å². The van der Waals surface area contributed by atoms with Crippen LogP contribution in [0.1, 0.15) is 0 Å². The molecule has 0 atom stereocenters. The van der Waals surface area contributed by atoms with Gasteiger partial charge in [-0.3, -0.25) is 0 Å². The van der Waals surface area contributed by atoms with Gasteiger partial charge in [0, 0.05) is 16.5 Å². The Bertz CT molecular complexity index is 48.2. The molecule has 7 heavy (non-hydrogen) atoms. The maximum absolute atomic E-state index is 9.01. The fourth-order valence-electron chi connectivity index (χ4n) is 0. The number of rotatable bonds is 1. The van der Waals surface area contributed by atoms with Gasteiger partial charge in [-0.25, -0.2) is 0 Å². The topological polar surface area (TPSA) is 96.9 Å². The third-order valence-corrected chi connectivity index (χ3v) is 0.129. The molecule has 0 aromatic carbocycles. The molecule has 0 radical (unpaired) electrons. The monoisotopic (exact) mass is 151 g/mol. The number of carbonyl (C=O) groups is 1. The van der Waals surface area contributed by atoms with E-state index in [1.165, 1.54) is 0 Å². The normalized spacial score (nSPS) is 5.29. The van der Waals surface area contributed by atoms with Crippen molar-refractivity contribution in [2.45, 2.75) is 0 Å². The van der Waals surface area contributed by atoms with Gasteiger partial charge in [-0.1, -0.05) is 0 Å². The van der Waals surface area contributed by atoms with E-state index in [-0.39, 0.29) is 22.6 Å². The fourth-order valence-corrected chi connectivity index (χ4v) is 0. The Morgan fingerprint density at radius 1 is 1.71 bits per heavy atom. The summed E-state index contributed by atoms with van der Waals surface area (Å²) in [6, 6.07) is 0. The van der Waals surface area contributed by atoms with Gasteiger partial charge in [-0.05, 0) is 0 Å². The minimum atomic E-state index is -1.44. The molecule has 0 rings (SSSR count). The number of carboxylic acids is 1. The van der Waals surface area contributed by atoms with Gasteiger partial charge in [0.25, 0.3) is 0 Å². The Morgan fingerprint density at radius 2 is 1.86 bits per heavy atom. The van der Waals surface area contributed by atoms with Crippen LogP contribution >= 0.6 is 0 Å². The Labute approximate surface area is 51.0 Å². The smallest absolute Gasteiger partial charge is 0.0826 e. The first-order chi connectivity index (χ1) is 2.27. The minimum Gasteiger partial charge on any atom is -0.548 e. The average molecular weight is 152 g/mol. The molecule has 0 saturated carbocycles. The average Bonchev–Trinajstić information content (AvgIpc) is 1.38. The van der Waals surface area contributed by atoms with Crippen molar-refractivity contribution in [2.24, 2.45) is 0 Å². The van der Waals surface area contributed by atoms with E-state index in [4.69, 9.17) is 15.0 Å². The van der Waals surface area contributed by atoms with E-state index in [1.807, 2.05) is 0 Å². The molecule has 0 aliphatic carbocycles. The zero-order chi connectivity index (χ0) is 4.28. The predicted molar refractivity (Wildman–Crippen MR) is 18.1 cm³/mol. The molecule has 4 nitrogen and oxygen atoms in total. The van der Waals surface area contributed by atoms with E-state index in [9.17, 15) is 0 Å². The molecule has 5 heteroatoms. The quantitative estimate of drug-likeness (QED) is 0.429. The molecule has 0 aromatic rings. The van der Waals surface area contributed by atoms with Crippen molar-refractivity contribution >= 4 is 5.97 Å². The Kier molecular flexibility index (Phi) is 21.0. The number of hydrogen-bond donors (Lipinski definition) is 2. The van der Waals surface area contributed by atoms with Gasteiger partial charge in [-0.2, -0.15) is 0 Å². The van der Waals surface area contributed by atoms with Crippen LogP contribution in [0.3, 0.4) is 0 Å². The second-order valence-corrected chi connectivity index (χ2v) is 0.530. The zero-order valence-electron chi connectivity index (χ0n) is 3.79. The molecule has 0 fully saturated rings. The van der Waals surface area contributed by atoms with Crippen molar-refractivity contribution < 1.29 is 31.5 Å². The van der Waals surface area contributed by atoms with Gasteiger partial charge in [0.1, 0.15) is 0 Å². The number of aliphatic carboxylic acids is 1. The second kappa shape index (κ2) is 9.30. The van der Waals surface area contributed by atoms with Crippen LogP contribution in [0, 0.1) is 0 Å². The van der Waals surface area contributed by atoms with Crippen molar-refractivity contribution in [3.05, 3.63) is 0 Å². The molecular formula is C2H7NNiO3. The van der Waals surface area contributed by atoms with Crippen LogP contribution in [0.15, 0.2) is 0 Å². The van der Waals surface area contributed by atoms with Gasteiger partial charge in [0.05, 0.1) is 12.6 Å². The first-order valence-electron chi connectivity index (χ1n) is 1.08. The SMILES string of the molecule is O=C([O-])CO.[NH4+].[Ni]. The van der Waals surface area contributed by atoms with Crippen LogP contribution in [0.5, 0.6) is 0 Å². The number of carbonyl (C=O) groups excluding carboxylic acids is 1. The summed E-state index contributed by atoms with van der Waals surface area (Å²) in [5.41, 5.74) is 0. The van der Waals surface area contributed by atoms with Crippen molar-refractivity contribution in [2.75, 3.05) is 6.61 Å². The van der Waals surface area contributed by atoms with Crippen molar-refractivity contribution in [1.82, 2.24) is 6.15 Å². The summed E-state index contributed by atoms with van der Waals surface area (Å²) < 4.78 is 0. The first-order valence-corrected chi connectivity index (χ1v) is 1.08. The summed E-state index contributed by atoms with van der Waals surface area (Å²) in [6.45, 7) is -0.889. The van der Waals surface area contributed by atoms with Gasteiger partial charge >= 0.3 is 0 Å². The number of carboxylic acid groups (broad SMARTS) is 1. The van der Waals surface area contributed by atoms with Gasteiger partial charge in [0.2, 0.25) is 0 Å². The van der Waals surface area contributed by atoms with Crippen molar-refractivity contribution in [3.8, 4) is 0 Å². The third-order valence-electron chi connectivity index (χ3n) is 0.129. The van der Waals surface area contributed by atoms with Crippen molar-refractivity contribution in [3.63, 3.8) is 0 Å². The van der Waals surface area contributed by atoms with E-state index in [0.717, 1.165) is 0 Å². The maximum Gasteiger partial charge on any atom is 0.0826 e. The molecule has 0 aliphatic rings. The van der Waals surface area contributed by atoms with Crippen LogP contribution in [0.25, 0.3) is 0 Å². The molecule has 0 unspecified atom stereocenters. The molecule has 0 amide bonds. The Hall–Kier alpha value is -0.116. The van der Waals surface area contributed by atoms with Gasteiger partial charge in [-0.15, -0.1) is 0 Å². The second-order valence-electron chi connectivity index (χ2n) is 0.530. The number of hydrogen-bond acceptors (Lipinski definition) is 3. The summed E-state index contributed by atoms with van der Waals surface area (Å²) >= 11 is 0. The molecular weight excluding hydrogens is 145 g/mol. The van der Waals surface area contributed by atoms with E-state index in [0.29, 0.717) is 0 Å². The molecule has 0 bridgehead atoms. The standard InChI is InChI=1S/C2H4O3.H3N.Ni/c3-1-2(4)5;;/h3H,1H2,(H,4,5);1H3;. The van der Waals surface area contributed by atoms with Gasteiger partial charge in [0.15, 0.2) is 0 Å². The summed E-state index contributed by atoms with van der Waals surface area (Å²) in [6.07, 6.45) is 0. The van der Waals surface area contributed by atoms with E-state index in [1.54, 1.807) is 0 Å². The first kappa shape index (κ1) is 15.8. The maximum atomic E-state index is 9.01. The summed E-state index contributed by atoms with van der Waals surface area (Å²) in [5, 5.41) is 16.5. The summed E-state index contributed by atoms with van der Waals surface area (Å²) in [4.78, 5) is 9.01. The molecule has 0 saturated heterocycles. The van der Waals surface area contributed by atoms with Gasteiger partial charge < -0.3 is 21.2 Å². The summed E-state index contributed by atoms with van der Waals surface area (Å²) in [5.74, 6) is -1.44. The van der Waals surface area contributed by atoms with Crippen LogP contribution in [-0.2, 0) is 21.3 Å². The van der Waals surface area contributed by atoms with Crippen LogP contribution in [0.2, 0.25) is 0 Å². The number of quaternary nitrogens is 1. The predicted octanol–water partition coefficient (Wildman–Crippen LogP) is -1.90. The Morgan fingerprint density at radius 3 is 1.86 bits per heavy atom. The van der Waals surface area contributed by atoms with Crippen LogP contribution < -0.4 is 11.3 Å². The van der Waals surface area contributed by atoms with Crippen molar-refractivity contribution in [1.29, 1.82) is 0 Å². The number of aliphatic hydroxyl groups is 1. The molecule has 48 valence electrons. The molecule has 0 aromatic heterocycles. The molecule has 0 aliphatic heterocycles. The van der Waals surface area contributed by atoms with Crippen LogP contribution in [0.4, 0.5) is 0 Å². The van der Waals surface area contributed by atoms with E-state index >= 15 is 0 Å². The Balaban J connectivity index is -0.0000000800. The van der Waals surface area contributed by atoms with Crippen LogP contribution in [-0.4, -0.2) is 17.7 Å². The number of aliphatic hydroxyl groups excluding tert-OH is 1. The van der Waals surface area contributed by atoms with E-state index < -0.39 is 12.6 Å². The molecule has 5 N–H and O–H groups in total. The largest absolute Gasteiger partial charge is 0.548 e. The minimum absolute atomic E-state index is 0. The third kappa shape index (κ3) is 25.0.